The number of nitrogens with zero attached hydrogens (tertiary/aromatic N) is 2. The Morgan fingerprint density at radius 1 is 1.16 bits per heavy atom. The van der Waals surface area contributed by atoms with Crippen molar-refractivity contribution in [2.45, 2.75) is 52.1 Å². The number of carbonyl (C=O) groups excluding carboxylic acids is 1. The monoisotopic (exact) mass is 339 g/mol. The van der Waals surface area contributed by atoms with E-state index in [1.807, 2.05) is 4.90 Å². The van der Waals surface area contributed by atoms with Gasteiger partial charge < -0.3 is 14.8 Å². The minimum Gasteiger partial charge on any atom is -0.348 e. The van der Waals surface area contributed by atoms with E-state index in [9.17, 15) is 4.79 Å². The molecule has 0 saturated carbocycles. The molecule has 0 saturated heterocycles. The van der Waals surface area contributed by atoms with E-state index < -0.39 is 0 Å². The molecular weight excluding hydrogens is 310 g/mol. The molecule has 2 amide bonds. The van der Waals surface area contributed by atoms with Crippen LogP contribution in [0.3, 0.4) is 0 Å². The summed E-state index contributed by atoms with van der Waals surface area (Å²) in [6.45, 7) is 11.0. The van der Waals surface area contributed by atoms with Crippen LogP contribution in [0.2, 0.25) is 0 Å². The average Bonchev–Trinajstić information content (AvgIpc) is 3.04. The summed E-state index contributed by atoms with van der Waals surface area (Å²) in [7, 11) is 0. The van der Waals surface area contributed by atoms with Crippen molar-refractivity contribution in [3.8, 4) is 0 Å². The minimum absolute atomic E-state index is 0.0336. The summed E-state index contributed by atoms with van der Waals surface area (Å²) < 4.78 is 2.23. The highest BCUT2D eigenvalue weighted by atomic mass is 16.2. The van der Waals surface area contributed by atoms with E-state index in [1.54, 1.807) is 0 Å². The number of benzene rings is 1. The predicted octanol–water partition coefficient (Wildman–Crippen LogP) is 4.11. The molecule has 1 aliphatic heterocycles. The van der Waals surface area contributed by atoms with Gasteiger partial charge in [-0.05, 0) is 42.0 Å². The van der Waals surface area contributed by atoms with Crippen LogP contribution in [0.5, 0.6) is 0 Å². The van der Waals surface area contributed by atoms with Crippen LogP contribution in [-0.4, -0.2) is 28.6 Å². The molecule has 1 aliphatic rings. The number of nitrogens with one attached hydrogen (secondary N) is 1. The number of hydrogen-bond donors (Lipinski definition) is 1. The van der Waals surface area contributed by atoms with Crippen molar-refractivity contribution in [2.24, 2.45) is 0 Å². The summed E-state index contributed by atoms with van der Waals surface area (Å²) >= 11 is 0. The summed E-state index contributed by atoms with van der Waals surface area (Å²) in [5.41, 5.74) is 3.98. The zero-order valence-electron chi connectivity index (χ0n) is 15.7. The zero-order valence-corrected chi connectivity index (χ0v) is 15.7. The maximum Gasteiger partial charge on any atom is 0.318 e. The fraction of sp³-hybridized carbons (Fsp3) is 0.476. The van der Waals surface area contributed by atoms with Crippen molar-refractivity contribution in [1.29, 1.82) is 0 Å². The molecule has 1 unspecified atom stereocenters. The van der Waals surface area contributed by atoms with Gasteiger partial charge in [0.25, 0.3) is 0 Å². The summed E-state index contributed by atoms with van der Waals surface area (Å²) in [6.07, 6.45) is 2.94. The van der Waals surface area contributed by atoms with Gasteiger partial charge in [0, 0.05) is 31.5 Å². The molecule has 134 valence electrons. The van der Waals surface area contributed by atoms with Gasteiger partial charge in [0.05, 0.1) is 6.04 Å². The molecule has 3 rings (SSSR count). The highest BCUT2D eigenvalue weighted by Gasteiger charge is 2.26. The average molecular weight is 339 g/mol. The van der Waals surface area contributed by atoms with E-state index in [-0.39, 0.29) is 17.5 Å². The van der Waals surface area contributed by atoms with Crippen LogP contribution in [0.1, 0.15) is 50.6 Å². The Morgan fingerprint density at radius 3 is 2.56 bits per heavy atom. The molecule has 2 heterocycles. The SMILES string of the molecule is CC1c2cccn2CCN1C(=O)NCCc1ccc(C(C)(C)C)cc1. The lowest BCUT2D eigenvalue weighted by Crippen LogP contribution is -2.46. The highest BCUT2D eigenvalue weighted by molar-refractivity contribution is 5.74. The molecule has 0 bridgehead atoms. The maximum atomic E-state index is 12.5. The third kappa shape index (κ3) is 3.89. The minimum atomic E-state index is 0.0336. The summed E-state index contributed by atoms with van der Waals surface area (Å²) in [5, 5.41) is 3.08. The predicted molar refractivity (Wildman–Crippen MR) is 102 cm³/mol. The number of carbonyl (C=O) groups is 1. The number of amides is 2. The largest absolute Gasteiger partial charge is 0.348 e. The first kappa shape index (κ1) is 17.6. The Kier molecular flexibility index (Phi) is 4.89. The molecule has 2 aromatic rings. The van der Waals surface area contributed by atoms with Gasteiger partial charge in [0.15, 0.2) is 0 Å². The van der Waals surface area contributed by atoms with Crippen molar-refractivity contribution in [3.63, 3.8) is 0 Å². The number of fused-ring (bicyclic) bond motifs is 1. The second kappa shape index (κ2) is 6.95. The molecule has 4 nitrogen and oxygen atoms in total. The first-order valence-corrected chi connectivity index (χ1v) is 9.15. The molecule has 1 aromatic heterocycles. The van der Waals surface area contributed by atoms with E-state index in [2.05, 4.69) is 80.2 Å². The number of rotatable bonds is 3. The lowest BCUT2D eigenvalue weighted by molar-refractivity contribution is 0.162. The Balaban J connectivity index is 1.52. The summed E-state index contributed by atoms with van der Waals surface area (Å²) in [5.74, 6) is 0. The molecule has 1 atom stereocenters. The molecule has 0 aliphatic carbocycles. The van der Waals surface area contributed by atoms with Gasteiger partial charge >= 0.3 is 6.03 Å². The van der Waals surface area contributed by atoms with Gasteiger partial charge in [0.1, 0.15) is 0 Å². The van der Waals surface area contributed by atoms with Crippen LogP contribution in [0.15, 0.2) is 42.6 Å². The molecule has 0 spiro atoms. The van der Waals surface area contributed by atoms with E-state index in [0.717, 1.165) is 19.5 Å². The third-order valence-corrected chi connectivity index (χ3v) is 5.11. The second-order valence-corrected chi connectivity index (χ2v) is 7.92. The van der Waals surface area contributed by atoms with Gasteiger partial charge in [-0.2, -0.15) is 0 Å². The van der Waals surface area contributed by atoms with Crippen LogP contribution < -0.4 is 5.32 Å². The van der Waals surface area contributed by atoms with Crippen molar-refractivity contribution in [2.75, 3.05) is 13.1 Å². The highest BCUT2D eigenvalue weighted by Crippen LogP contribution is 2.25. The Hall–Kier alpha value is -2.23. The fourth-order valence-corrected chi connectivity index (χ4v) is 3.44. The van der Waals surface area contributed by atoms with Crippen LogP contribution in [0.25, 0.3) is 0 Å². The normalized spacial score (nSPS) is 17.3. The quantitative estimate of drug-likeness (QED) is 0.897. The van der Waals surface area contributed by atoms with Crippen LogP contribution in [0.4, 0.5) is 4.79 Å². The topological polar surface area (TPSA) is 37.3 Å². The first-order valence-electron chi connectivity index (χ1n) is 9.15. The van der Waals surface area contributed by atoms with Gasteiger partial charge in [-0.25, -0.2) is 4.79 Å². The van der Waals surface area contributed by atoms with E-state index in [1.165, 1.54) is 16.8 Å². The second-order valence-electron chi connectivity index (χ2n) is 7.92. The number of urea groups is 1. The van der Waals surface area contributed by atoms with E-state index in [4.69, 9.17) is 0 Å². The molecule has 0 fully saturated rings. The van der Waals surface area contributed by atoms with E-state index in [0.29, 0.717) is 6.54 Å². The molecule has 0 radical (unpaired) electrons. The lowest BCUT2D eigenvalue weighted by Gasteiger charge is -2.34. The smallest absolute Gasteiger partial charge is 0.318 e. The molecular formula is C21H29N3O. The Labute approximate surface area is 150 Å². The fourth-order valence-electron chi connectivity index (χ4n) is 3.44. The van der Waals surface area contributed by atoms with Gasteiger partial charge in [-0.15, -0.1) is 0 Å². The lowest BCUT2D eigenvalue weighted by atomic mass is 9.86. The van der Waals surface area contributed by atoms with Gasteiger partial charge in [0.2, 0.25) is 0 Å². The van der Waals surface area contributed by atoms with Crippen molar-refractivity contribution in [3.05, 3.63) is 59.4 Å². The van der Waals surface area contributed by atoms with Gasteiger partial charge in [-0.1, -0.05) is 45.0 Å². The maximum absolute atomic E-state index is 12.5. The van der Waals surface area contributed by atoms with E-state index >= 15 is 0 Å². The molecule has 4 heteroatoms. The van der Waals surface area contributed by atoms with Crippen molar-refractivity contribution >= 4 is 6.03 Å². The summed E-state index contributed by atoms with van der Waals surface area (Å²) in [6, 6.07) is 13.0. The van der Waals surface area contributed by atoms with Crippen LogP contribution in [0, 0.1) is 0 Å². The van der Waals surface area contributed by atoms with Crippen molar-refractivity contribution in [1.82, 2.24) is 14.8 Å². The number of hydrogen-bond acceptors (Lipinski definition) is 1. The number of aromatic nitrogens is 1. The third-order valence-electron chi connectivity index (χ3n) is 5.11. The molecule has 1 N–H and O–H groups in total. The molecule has 1 aromatic carbocycles. The van der Waals surface area contributed by atoms with Crippen LogP contribution >= 0.6 is 0 Å². The first-order chi connectivity index (χ1) is 11.9. The van der Waals surface area contributed by atoms with Crippen molar-refractivity contribution < 1.29 is 4.79 Å². The Morgan fingerprint density at radius 2 is 1.88 bits per heavy atom. The van der Waals surface area contributed by atoms with Gasteiger partial charge in [-0.3, -0.25) is 0 Å². The van der Waals surface area contributed by atoms with Crippen LogP contribution in [-0.2, 0) is 18.4 Å². The standard InChI is InChI=1S/C21H29N3O/c1-16-19-6-5-13-23(19)14-15-24(16)20(25)22-12-11-17-7-9-18(10-8-17)21(2,3)4/h5-10,13,16H,11-12,14-15H2,1-4H3,(H,22,25). The molecule has 25 heavy (non-hydrogen) atoms. The zero-order chi connectivity index (χ0) is 18.0. The summed E-state index contributed by atoms with van der Waals surface area (Å²) in [4.78, 5) is 14.5. The Bertz CT molecular complexity index is 724.